The van der Waals surface area contributed by atoms with Crippen LogP contribution in [-0.4, -0.2) is 31.7 Å². The highest BCUT2D eigenvalue weighted by Crippen LogP contribution is 2.42. The van der Waals surface area contributed by atoms with Crippen LogP contribution in [0.2, 0.25) is 0 Å². The number of benzene rings is 2. The molecular weight excluding hydrogens is 440 g/mol. The van der Waals surface area contributed by atoms with Gasteiger partial charge in [0.25, 0.3) is 0 Å². The van der Waals surface area contributed by atoms with Crippen molar-refractivity contribution in [1.82, 2.24) is 4.31 Å². The largest absolute Gasteiger partial charge is 0.312 e. The maximum Gasteiger partial charge on any atom is 0.244 e. The molecule has 2 heterocycles. The van der Waals surface area contributed by atoms with Crippen LogP contribution in [0.15, 0.2) is 45.8 Å². The number of amides is 1. The molecule has 0 aliphatic carbocycles. The summed E-state index contributed by atoms with van der Waals surface area (Å²) in [6.45, 7) is 4.63. The zero-order chi connectivity index (χ0) is 20.1. The molecule has 28 heavy (non-hydrogen) atoms. The van der Waals surface area contributed by atoms with E-state index in [4.69, 9.17) is 0 Å². The molecule has 5 nitrogen and oxygen atoms in total. The third-order valence-corrected chi connectivity index (χ3v) is 8.61. The van der Waals surface area contributed by atoms with Crippen LogP contribution < -0.4 is 4.90 Å². The van der Waals surface area contributed by atoms with Crippen LogP contribution in [0.25, 0.3) is 0 Å². The molecule has 0 bridgehead atoms. The van der Waals surface area contributed by atoms with E-state index in [0.29, 0.717) is 23.2 Å². The zero-order valence-electron chi connectivity index (χ0n) is 16.0. The smallest absolute Gasteiger partial charge is 0.244 e. The Balaban J connectivity index is 1.78. The third-order valence-electron chi connectivity index (χ3n) is 5.75. The Morgan fingerprint density at radius 2 is 1.93 bits per heavy atom. The molecule has 0 radical (unpaired) electrons. The Labute approximate surface area is 174 Å². The van der Waals surface area contributed by atoms with Crippen LogP contribution in [0.1, 0.15) is 42.5 Å². The number of hydrogen-bond donors (Lipinski definition) is 0. The lowest BCUT2D eigenvalue weighted by Gasteiger charge is -2.26. The van der Waals surface area contributed by atoms with Crippen molar-refractivity contribution < 1.29 is 13.2 Å². The van der Waals surface area contributed by atoms with Gasteiger partial charge in [-0.25, -0.2) is 8.42 Å². The van der Waals surface area contributed by atoms with Crippen LogP contribution in [-0.2, 0) is 21.2 Å². The minimum Gasteiger partial charge on any atom is -0.312 e. The standard InChI is InChI=1S/C21H23BrN2O3S/c1-14-6-3-4-7-17(14)19-8-5-10-24(19)28(26,27)21-13-20-16(12-18(21)22)9-11-23(20)15(2)25/h3-4,6-7,12-13,19H,5,8-11H2,1-2H3. The lowest BCUT2D eigenvalue weighted by molar-refractivity contribution is -0.116. The summed E-state index contributed by atoms with van der Waals surface area (Å²) < 4.78 is 29.4. The molecule has 1 amide bonds. The van der Waals surface area contributed by atoms with Gasteiger partial charge in [0, 0.05) is 30.2 Å². The lowest BCUT2D eigenvalue weighted by atomic mass is 10.0. The second-order valence-electron chi connectivity index (χ2n) is 7.46. The summed E-state index contributed by atoms with van der Waals surface area (Å²) in [5.41, 5.74) is 3.87. The number of carbonyl (C=O) groups is 1. The molecule has 1 unspecified atom stereocenters. The molecule has 148 valence electrons. The number of aryl methyl sites for hydroxylation is 1. The van der Waals surface area contributed by atoms with Crippen molar-refractivity contribution in [2.24, 2.45) is 0 Å². The zero-order valence-corrected chi connectivity index (χ0v) is 18.4. The number of halogens is 1. The van der Waals surface area contributed by atoms with E-state index in [-0.39, 0.29) is 16.8 Å². The van der Waals surface area contributed by atoms with Crippen molar-refractivity contribution >= 4 is 37.5 Å². The molecule has 4 rings (SSSR count). The van der Waals surface area contributed by atoms with Crippen LogP contribution in [0.3, 0.4) is 0 Å². The number of rotatable bonds is 3. The maximum absolute atomic E-state index is 13.6. The van der Waals surface area contributed by atoms with Crippen molar-refractivity contribution in [2.45, 2.75) is 44.0 Å². The average Bonchev–Trinajstić information content (AvgIpc) is 3.28. The van der Waals surface area contributed by atoms with Gasteiger partial charge in [-0.15, -0.1) is 0 Å². The predicted octanol–water partition coefficient (Wildman–Crippen LogP) is 4.19. The molecule has 2 aromatic rings. The first-order chi connectivity index (χ1) is 13.3. The van der Waals surface area contributed by atoms with Gasteiger partial charge in [0.05, 0.1) is 10.9 Å². The first-order valence-electron chi connectivity index (χ1n) is 9.48. The second kappa shape index (κ2) is 7.28. The minimum absolute atomic E-state index is 0.0663. The number of carbonyl (C=O) groups excluding carboxylic acids is 1. The van der Waals surface area contributed by atoms with Crippen LogP contribution in [0, 0.1) is 6.92 Å². The SMILES string of the molecule is CC(=O)N1CCc2cc(Br)c(S(=O)(=O)N3CCCC3c3ccccc3C)cc21. The Morgan fingerprint density at radius 3 is 2.64 bits per heavy atom. The molecule has 1 saturated heterocycles. The van der Waals surface area contributed by atoms with E-state index in [2.05, 4.69) is 15.9 Å². The molecular formula is C21H23BrN2O3S. The topological polar surface area (TPSA) is 57.7 Å². The molecule has 2 aromatic carbocycles. The van der Waals surface area contributed by atoms with Crippen LogP contribution in [0.5, 0.6) is 0 Å². The summed E-state index contributed by atoms with van der Waals surface area (Å²) in [6, 6.07) is 11.3. The van der Waals surface area contributed by atoms with Crippen LogP contribution >= 0.6 is 15.9 Å². The summed E-state index contributed by atoms with van der Waals surface area (Å²) in [7, 11) is -3.71. The fraction of sp³-hybridized carbons (Fsp3) is 0.381. The van der Waals surface area contributed by atoms with Gasteiger partial charge in [0.1, 0.15) is 0 Å². The molecule has 0 aromatic heterocycles. The van der Waals surface area contributed by atoms with E-state index in [1.54, 1.807) is 15.3 Å². The fourth-order valence-corrected chi connectivity index (χ4v) is 7.08. The van der Waals surface area contributed by atoms with Gasteiger partial charge in [0.2, 0.25) is 15.9 Å². The third kappa shape index (κ3) is 3.19. The molecule has 1 fully saturated rings. The summed E-state index contributed by atoms with van der Waals surface area (Å²) in [6.07, 6.45) is 2.38. The highest BCUT2D eigenvalue weighted by Gasteiger charge is 2.38. The Morgan fingerprint density at radius 1 is 1.18 bits per heavy atom. The monoisotopic (exact) mass is 462 g/mol. The molecule has 0 saturated carbocycles. The maximum atomic E-state index is 13.6. The van der Waals surface area contributed by atoms with E-state index in [9.17, 15) is 13.2 Å². The highest BCUT2D eigenvalue weighted by atomic mass is 79.9. The minimum atomic E-state index is -3.71. The lowest BCUT2D eigenvalue weighted by Crippen LogP contribution is -2.31. The van der Waals surface area contributed by atoms with Gasteiger partial charge >= 0.3 is 0 Å². The van der Waals surface area contributed by atoms with E-state index in [0.717, 1.165) is 36.0 Å². The van der Waals surface area contributed by atoms with E-state index in [1.807, 2.05) is 37.3 Å². The van der Waals surface area contributed by atoms with E-state index in [1.165, 1.54) is 6.92 Å². The summed E-state index contributed by atoms with van der Waals surface area (Å²) in [4.78, 5) is 13.8. The molecule has 1 atom stereocenters. The van der Waals surface area contributed by atoms with E-state index >= 15 is 0 Å². The van der Waals surface area contributed by atoms with Gasteiger partial charge in [-0.2, -0.15) is 4.31 Å². The summed E-state index contributed by atoms with van der Waals surface area (Å²) in [5, 5.41) is 0. The van der Waals surface area contributed by atoms with E-state index < -0.39 is 10.0 Å². The number of nitrogens with zero attached hydrogens (tertiary/aromatic N) is 2. The Bertz CT molecular complexity index is 1050. The normalized spacial score (nSPS) is 19.8. The van der Waals surface area contributed by atoms with Gasteiger partial charge in [-0.3, -0.25) is 4.79 Å². The van der Waals surface area contributed by atoms with Crippen molar-refractivity contribution in [3.05, 3.63) is 57.6 Å². The number of anilines is 1. The van der Waals surface area contributed by atoms with Gasteiger partial charge in [-0.05, 0) is 70.9 Å². The van der Waals surface area contributed by atoms with Crippen molar-refractivity contribution in [1.29, 1.82) is 0 Å². The number of fused-ring (bicyclic) bond motifs is 1. The quantitative estimate of drug-likeness (QED) is 0.686. The van der Waals surface area contributed by atoms with Gasteiger partial charge in [0.15, 0.2) is 0 Å². The van der Waals surface area contributed by atoms with Gasteiger partial charge in [-0.1, -0.05) is 24.3 Å². The Hall–Kier alpha value is -1.70. The predicted molar refractivity (Wildman–Crippen MR) is 113 cm³/mol. The molecule has 0 N–H and O–H groups in total. The second-order valence-corrected chi connectivity index (χ2v) is 10.2. The number of hydrogen-bond acceptors (Lipinski definition) is 3. The first kappa shape index (κ1) is 19.6. The summed E-state index contributed by atoms with van der Waals surface area (Å²) in [5.74, 6) is -0.0663. The molecule has 2 aliphatic rings. The van der Waals surface area contributed by atoms with Crippen LogP contribution in [0.4, 0.5) is 5.69 Å². The molecule has 0 spiro atoms. The van der Waals surface area contributed by atoms with Gasteiger partial charge < -0.3 is 4.90 Å². The molecule has 7 heteroatoms. The highest BCUT2D eigenvalue weighted by molar-refractivity contribution is 9.10. The molecule has 2 aliphatic heterocycles. The average molecular weight is 463 g/mol. The van der Waals surface area contributed by atoms with Crippen molar-refractivity contribution in [3.8, 4) is 0 Å². The Kier molecular flexibility index (Phi) is 5.10. The number of sulfonamides is 1. The first-order valence-corrected chi connectivity index (χ1v) is 11.7. The fourth-order valence-electron chi connectivity index (χ4n) is 4.34. The summed E-state index contributed by atoms with van der Waals surface area (Å²) >= 11 is 3.47. The van der Waals surface area contributed by atoms with Crippen molar-refractivity contribution in [3.63, 3.8) is 0 Å². The van der Waals surface area contributed by atoms with Crippen molar-refractivity contribution in [2.75, 3.05) is 18.0 Å².